The van der Waals surface area contributed by atoms with Gasteiger partial charge in [-0.15, -0.1) is 11.3 Å². The maximum atomic E-state index is 12.8. The number of carbonyl (C=O) groups is 2. The van der Waals surface area contributed by atoms with E-state index in [1.807, 2.05) is 42.6 Å². The Hall–Kier alpha value is -2.84. The van der Waals surface area contributed by atoms with E-state index in [4.69, 9.17) is 14.2 Å². The Balaban J connectivity index is 1.63. The summed E-state index contributed by atoms with van der Waals surface area (Å²) in [7, 11) is 0. The molecule has 3 aromatic rings. The summed E-state index contributed by atoms with van der Waals surface area (Å²) in [4.78, 5) is 25.5. The third kappa shape index (κ3) is 7.82. The van der Waals surface area contributed by atoms with E-state index in [0.29, 0.717) is 35.8 Å². The first-order valence-electron chi connectivity index (χ1n) is 12.4. The molecule has 0 saturated heterocycles. The Bertz CT molecular complexity index is 1210. The van der Waals surface area contributed by atoms with Gasteiger partial charge in [0.15, 0.2) is 0 Å². The summed E-state index contributed by atoms with van der Waals surface area (Å²) in [5, 5.41) is 5.24. The normalized spacial score (nSPS) is 11.2. The first-order valence-corrected chi connectivity index (χ1v) is 14.1. The van der Waals surface area contributed by atoms with Gasteiger partial charge in [-0.3, -0.25) is 4.79 Å². The highest BCUT2D eigenvalue weighted by atomic mass is 79.9. The lowest BCUT2D eigenvalue weighted by molar-refractivity contribution is -0.116. The molecule has 0 radical (unpaired) electrons. The van der Waals surface area contributed by atoms with Crippen LogP contribution in [0.5, 0.6) is 11.5 Å². The summed E-state index contributed by atoms with van der Waals surface area (Å²) in [6.07, 6.45) is 0.793. The molecule has 0 spiro atoms. The van der Waals surface area contributed by atoms with Crippen molar-refractivity contribution in [2.75, 3.05) is 25.1 Å². The zero-order chi connectivity index (χ0) is 27.0. The maximum Gasteiger partial charge on any atom is 0.341 e. The fraction of sp³-hybridized carbons (Fsp3) is 0.379. The number of esters is 1. The molecular weight excluding hydrogens is 554 g/mol. The van der Waals surface area contributed by atoms with Crippen LogP contribution in [0.3, 0.4) is 0 Å². The quantitative estimate of drug-likeness (QED) is 0.182. The first kappa shape index (κ1) is 28.7. The van der Waals surface area contributed by atoms with Crippen molar-refractivity contribution >= 4 is 44.1 Å². The molecule has 2 aromatic carbocycles. The molecule has 198 valence electrons. The lowest BCUT2D eigenvalue weighted by Crippen LogP contribution is -2.15. The highest BCUT2D eigenvalue weighted by molar-refractivity contribution is 9.10. The molecule has 6 nitrogen and oxygen atoms in total. The lowest BCUT2D eigenvalue weighted by Gasteiger charge is -2.20. The standard InChI is InChI=1S/C29H34BrNO5S/c1-6-34-21-13-10-19(11-14-21)22-18-37-27(26(22)28(33)35-7-2)31-25(32)9-8-16-36-24-15-12-20(17-23(24)30)29(3,4)5/h10-15,17-18H,6-9,16H2,1-5H3,(H,31,32). The van der Waals surface area contributed by atoms with Crippen LogP contribution in [0, 0.1) is 0 Å². The minimum Gasteiger partial charge on any atom is -0.494 e. The topological polar surface area (TPSA) is 73.9 Å². The molecule has 1 N–H and O–H groups in total. The Morgan fingerprint density at radius 2 is 1.73 bits per heavy atom. The van der Waals surface area contributed by atoms with Crippen LogP contribution >= 0.6 is 27.3 Å². The van der Waals surface area contributed by atoms with Gasteiger partial charge >= 0.3 is 5.97 Å². The van der Waals surface area contributed by atoms with Crippen LogP contribution in [0.1, 0.15) is 63.4 Å². The van der Waals surface area contributed by atoms with Gasteiger partial charge in [0.2, 0.25) is 5.91 Å². The Morgan fingerprint density at radius 3 is 2.35 bits per heavy atom. The number of carbonyl (C=O) groups excluding carboxylic acids is 2. The van der Waals surface area contributed by atoms with Crippen molar-refractivity contribution in [3.05, 3.63) is 63.4 Å². The molecule has 0 aliphatic carbocycles. The summed E-state index contributed by atoms with van der Waals surface area (Å²) in [6, 6.07) is 13.6. The number of halogens is 1. The Morgan fingerprint density at radius 1 is 1.00 bits per heavy atom. The molecule has 0 bridgehead atoms. The second kappa shape index (κ2) is 13.1. The molecule has 0 atom stereocenters. The van der Waals surface area contributed by atoms with Gasteiger partial charge in [0, 0.05) is 17.4 Å². The zero-order valence-electron chi connectivity index (χ0n) is 22.0. The van der Waals surface area contributed by atoms with Crippen LogP contribution in [0.4, 0.5) is 5.00 Å². The number of benzene rings is 2. The highest BCUT2D eigenvalue weighted by Crippen LogP contribution is 2.37. The van der Waals surface area contributed by atoms with Gasteiger partial charge in [-0.1, -0.05) is 39.0 Å². The van der Waals surface area contributed by atoms with Gasteiger partial charge in [-0.2, -0.15) is 0 Å². The van der Waals surface area contributed by atoms with Crippen molar-refractivity contribution in [1.29, 1.82) is 0 Å². The van der Waals surface area contributed by atoms with E-state index in [0.717, 1.165) is 21.5 Å². The second-order valence-corrected chi connectivity index (χ2v) is 11.2. The molecule has 0 saturated carbocycles. The third-order valence-corrected chi connectivity index (χ3v) is 7.12. The average Bonchev–Trinajstić information content (AvgIpc) is 3.26. The van der Waals surface area contributed by atoms with Crippen molar-refractivity contribution in [2.45, 2.75) is 52.9 Å². The van der Waals surface area contributed by atoms with Crippen LogP contribution in [-0.2, 0) is 14.9 Å². The van der Waals surface area contributed by atoms with Gasteiger partial charge in [-0.25, -0.2) is 4.79 Å². The number of amides is 1. The first-order chi connectivity index (χ1) is 17.6. The van der Waals surface area contributed by atoms with Crippen LogP contribution in [0.25, 0.3) is 11.1 Å². The predicted molar refractivity (Wildman–Crippen MR) is 153 cm³/mol. The van der Waals surface area contributed by atoms with E-state index >= 15 is 0 Å². The fourth-order valence-corrected chi connectivity index (χ4v) is 5.12. The molecule has 0 aliphatic rings. The van der Waals surface area contributed by atoms with E-state index in [-0.39, 0.29) is 24.3 Å². The number of thiophene rings is 1. The van der Waals surface area contributed by atoms with Gasteiger partial charge in [0.25, 0.3) is 0 Å². The minimum atomic E-state index is -0.463. The van der Waals surface area contributed by atoms with E-state index in [2.05, 4.69) is 54.2 Å². The van der Waals surface area contributed by atoms with Crippen LogP contribution in [0.15, 0.2) is 52.3 Å². The summed E-state index contributed by atoms with van der Waals surface area (Å²) < 4.78 is 17.6. The van der Waals surface area contributed by atoms with E-state index < -0.39 is 5.97 Å². The van der Waals surface area contributed by atoms with Crippen molar-refractivity contribution in [3.8, 4) is 22.6 Å². The number of ether oxygens (including phenoxy) is 3. The molecule has 3 rings (SSSR count). The Kier molecular flexibility index (Phi) is 10.2. The van der Waals surface area contributed by atoms with Gasteiger partial charge in [-0.05, 0) is 77.0 Å². The van der Waals surface area contributed by atoms with Crippen LogP contribution < -0.4 is 14.8 Å². The van der Waals surface area contributed by atoms with E-state index in [9.17, 15) is 9.59 Å². The molecule has 0 fully saturated rings. The van der Waals surface area contributed by atoms with Gasteiger partial charge in [0.05, 0.1) is 24.3 Å². The monoisotopic (exact) mass is 587 g/mol. The van der Waals surface area contributed by atoms with Gasteiger partial charge < -0.3 is 19.5 Å². The molecule has 8 heteroatoms. The van der Waals surface area contributed by atoms with E-state index in [1.54, 1.807) is 6.92 Å². The van der Waals surface area contributed by atoms with Gasteiger partial charge in [0.1, 0.15) is 22.1 Å². The number of nitrogens with one attached hydrogen (secondary N) is 1. The number of hydrogen-bond acceptors (Lipinski definition) is 6. The molecule has 37 heavy (non-hydrogen) atoms. The number of hydrogen-bond donors (Lipinski definition) is 1. The summed E-state index contributed by atoms with van der Waals surface area (Å²) in [5.41, 5.74) is 3.19. The van der Waals surface area contributed by atoms with Crippen molar-refractivity contribution in [2.24, 2.45) is 0 Å². The van der Waals surface area contributed by atoms with Crippen LogP contribution in [0.2, 0.25) is 0 Å². The molecule has 1 heterocycles. The zero-order valence-corrected chi connectivity index (χ0v) is 24.4. The van der Waals surface area contributed by atoms with Crippen molar-refractivity contribution in [1.82, 2.24) is 0 Å². The molecule has 1 amide bonds. The van der Waals surface area contributed by atoms with Crippen LogP contribution in [-0.4, -0.2) is 31.7 Å². The van der Waals surface area contributed by atoms with Crippen molar-refractivity contribution < 1.29 is 23.8 Å². The number of rotatable bonds is 11. The second-order valence-electron chi connectivity index (χ2n) is 9.43. The maximum absolute atomic E-state index is 12.8. The third-order valence-electron chi connectivity index (χ3n) is 5.60. The predicted octanol–water partition coefficient (Wildman–Crippen LogP) is 7.85. The fourth-order valence-electron chi connectivity index (χ4n) is 3.65. The minimum absolute atomic E-state index is 0.0517. The molecule has 0 aliphatic heterocycles. The SMILES string of the molecule is CCOC(=O)c1c(-c2ccc(OCC)cc2)csc1NC(=O)CCCOc1ccc(C(C)(C)C)cc1Br. The summed E-state index contributed by atoms with van der Waals surface area (Å²) in [6.45, 7) is 11.4. The van der Waals surface area contributed by atoms with Crippen molar-refractivity contribution in [3.63, 3.8) is 0 Å². The summed E-state index contributed by atoms with van der Waals surface area (Å²) >= 11 is 4.89. The lowest BCUT2D eigenvalue weighted by atomic mass is 9.87. The molecule has 1 aromatic heterocycles. The smallest absolute Gasteiger partial charge is 0.341 e. The average molecular weight is 589 g/mol. The van der Waals surface area contributed by atoms with E-state index in [1.165, 1.54) is 16.9 Å². The highest BCUT2D eigenvalue weighted by Gasteiger charge is 2.23. The largest absolute Gasteiger partial charge is 0.494 e. The molecular formula is C29H34BrNO5S. The molecule has 0 unspecified atom stereocenters. The number of anilines is 1. The Labute approximate surface area is 231 Å². The summed E-state index contributed by atoms with van der Waals surface area (Å²) in [5.74, 6) is 0.856.